The number of anilines is 2. The molecular formula is C25H27FN6O. The predicted octanol–water partition coefficient (Wildman–Crippen LogP) is 3.80. The molecule has 1 atom stereocenters. The second-order valence-electron chi connectivity index (χ2n) is 8.48. The van der Waals surface area contributed by atoms with Crippen molar-refractivity contribution in [2.24, 2.45) is 5.73 Å². The lowest BCUT2D eigenvalue weighted by Gasteiger charge is -2.34. The molecule has 1 unspecified atom stereocenters. The van der Waals surface area contributed by atoms with E-state index in [-0.39, 0.29) is 11.9 Å². The third-order valence-electron chi connectivity index (χ3n) is 6.23. The molecule has 1 aliphatic heterocycles. The van der Waals surface area contributed by atoms with Crippen LogP contribution in [-0.2, 0) is 6.54 Å². The summed E-state index contributed by atoms with van der Waals surface area (Å²) < 4.78 is 21.5. The van der Waals surface area contributed by atoms with Crippen LogP contribution < -0.4 is 21.1 Å². The lowest BCUT2D eigenvalue weighted by atomic mass is 9.99. The van der Waals surface area contributed by atoms with E-state index in [0.717, 1.165) is 53.8 Å². The first-order chi connectivity index (χ1) is 16.0. The maximum absolute atomic E-state index is 13.9. The highest BCUT2D eigenvalue weighted by atomic mass is 19.1. The van der Waals surface area contributed by atoms with Gasteiger partial charge in [-0.3, -0.25) is 0 Å². The van der Waals surface area contributed by atoms with E-state index < -0.39 is 0 Å². The van der Waals surface area contributed by atoms with Crippen LogP contribution >= 0.6 is 0 Å². The van der Waals surface area contributed by atoms with E-state index in [2.05, 4.69) is 27.0 Å². The fraction of sp³-hybridized carbons (Fsp3) is 0.280. The van der Waals surface area contributed by atoms with Gasteiger partial charge in [0.1, 0.15) is 16.9 Å². The molecule has 1 saturated heterocycles. The van der Waals surface area contributed by atoms with Gasteiger partial charge in [0.25, 0.3) is 0 Å². The van der Waals surface area contributed by atoms with Crippen molar-refractivity contribution in [3.05, 3.63) is 66.4 Å². The number of rotatable bonds is 5. The summed E-state index contributed by atoms with van der Waals surface area (Å²) in [6.07, 6.45) is 5.45. The first kappa shape index (κ1) is 21.2. The normalized spacial score (nSPS) is 16.3. The summed E-state index contributed by atoms with van der Waals surface area (Å²) in [5.41, 5.74) is 17.7. The van der Waals surface area contributed by atoms with Crippen molar-refractivity contribution in [2.75, 3.05) is 30.8 Å². The van der Waals surface area contributed by atoms with Gasteiger partial charge < -0.3 is 25.7 Å². The van der Waals surface area contributed by atoms with Crippen molar-refractivity contribution in [2.45, 2.75) is 25.4 Å². The van der Waals surface area contributed by atoms with Crippen molar-refractivity contribution in [3.8, 4) is 16.9 Å². The molecule has 7 nitrogen and oxygen atoms in total. The fourth-order valence-corrected chi connectivity index (χ4v) is 4.63. The lowest BCUT2D eigenvalue weighted by Crippen LogP contribution is -2.43. The molecule has 3 heterocycles. The van der Waals surface area contributed by atoms with E-state index in [1.54, 1.807) is 31.8 Å². The second kappa shape index (κ2) is 8.71. The van der Waals surface area contributed by atoms with E-state index in [9.17, 15) is 4.39 Å². The summed E-state index contributed by atoms with van der Waals surface area (Å²) in [6, 6.07) is 13.1. The van der Waals surface area contributed by atoms with Gasteiger partial charge in [-0.1, -0.05) is 18.2 Å². The standard InChI is InChI=1S/C25H27FN6O/c1-33-22-12-29-25(28)23-24(22)32(15-30-23)13-18-10-17(16-4-2-5-19(26)11-16)7-8-21(18)31-9-3-6-20(27)14-31/h2,4-5,7-8,10-12,15,20H,3,6,9,13-14,27H2,1H3,(H2,28,29). The molecule has 0 saturated carbocycles. The molecule has 0 radical (unpaired) electrons. The van der Waals surface area contributed by atoms with Gasteiger partial charge in [-0.2, -0.15) is 0 Å². The topological polar surface area (TPSA) is 95.2 Å². The highest BCUT2D eigenvalue weighted by Gasteiger charge is 2.21. The summed E-state index contributed by atoms with van der Waals surface area (Å²) in [7, 11) is 1.61. The zero-order valence-corrected chi connectivity index (χ0v) is 18.5. The molecule has 1 aliphatic rings. The molecule has 0 bridgehead atoms. The number of imidazole rings is 1. The Hall–Kier alpha value is -3.65. The summed E-state index contributed by atoms with van der Waals surface area (Å²) in [4.78, 5) is 11.0. The van der Waals surface area contributed by atoms with Crippen molar-refractivity contribution >= 4 is 22.5 Å². The van der Waals surface area contributed by atoms with Crippen LogP contribution in [0.5, 0.6) is 5.75 Å². The van der Waals surface area contributed by atoms with Crippen LogP contribution in [0.2, 0.25) is 0 Å². The molecule has 0 amide bonds. The van der Waals surface area contributed by atoms with Gasteiger partial charge in [-0.25, -0.2) is 14.4 Å². The fourth-order valence-electron chi connectivity index (χ4n) is 4.63. The number of aromatic nitrogens is 3. The number of nitrogen functional groups attached to an aromatic ring is 1. The third kappa shape index (κ3) is 4.09. The zero-order valence-electron chi connectivity index (χ0n) is 18.5. The largest absolute Gasteiger partial charge is 0.493 e. The Balaban J connectivity index is 1.62. The Morgan fingerprint density at radius 3 is 2.79 bits per heavy atom. The number of nitrogens with two attached hydrogens (primary N) is 2. The van der Waals surface area contributed by atoms with Crippen LogP contribution in [0.3, 0.4) is 0 Å². The van der Waals surface area contributed by atoms with Crippen LogP contribution in [0.4, 0.5) is 15.9 Å². The van der Waals surface area contributed by atoms with Crippen LogP contribution in [0, 0.1) is 5.82 Å². The summed E-state index contributed by atoms with van der Waals surface area (Å²) >= 11 is 0. The maximum Gasteiger partial charge on any atom is 0.163 e. The molecule has 8 heteroatoms. The van der Waals surface area contributed by atoms with Crippen molar-refractivity contribution in [1.82, 2.24) is 14.5 Å². The van der Waals surface area contributed by atoms with E-state index >= 15 is 0 Å². The van der Waals surface area contributed by atoms with Crippen molar-refractivity contribution in [1.29, 1.82) is 0 Å². The second-order valence-corrected chi connectivity index (χ2v) is 8.48. The minimum atomic E-state index is -0.256. The van der Waals surface area contributed by atoms with E-state index in [1.807, 2.05) is 16.7 Å². The van der Waals surface area contributed by atoms with Crippen molar-refractivity contribution in [3.63, 3.8) is 0 Å². The van der Waals surface area contributed by atoms with Crippen LogP contribution in [0.15, 0.2) is 55.0 Å². The summed E-state index contributed by atoms with van der Waals surface area (Å²) in [5.74, 6) is 0.716. The molecule has 2 aromatic carbocycles. The number of halogens is 1. The van der Waals surface area contributed by atoms with Gasteiger partial charge in [-0.15, -0.1) is 0 Å². The number of hydrogen-bond donors (Lipinski definition) is 2. The maximum atomic E-state index is 13.9. The van der Waals surface area contributed by atoms with Crippen molar-refractivity contribution < 1.29 is 9.13 Å². The minimum absolute atomic E-state index is 0.148. The number of pyridine rings is 1. The molecule has 1 fully saturated rings. The molecule has 0 spiro atoms. The summed E-state index contributed by atoms with van der Waals surface area (Å²) in [5, 5.41) is 0. The van der Waals surface area contributed by atoms with Gasteiger partial charge in [0.15, 0.2) is 11.6 Å². The monoisotopic (exact) mass is 446 g/mol. The molecule has 5 rings (SSSR count). The molecule has 170 valence electrons. The van der Waals surface area contributed by atoms with E-state index in [4.69, 9.17) is 16.2 Å². The Bertz CT molecular complexity index is 1300. The number of methoxy groups -OCH3 is 1. The first-order valence-corrected chi connectivity index (χ1v) is 11.1. The molecule has 4 aromatic rings. The van der Waals surface area contributed by atoms with Gasteiger partial charge >= 0.3 is 0 Å². The molecule has 0 aliphatic carbocycles. The average Bonchev–Trinajstić information content (AvgIpc) is 3.24. The van der Waals surface area contributed by atoms with Gasteiger partial charge in [0.2, 0.25) is 0 Å². The number of fused-ring (bicyclic) bond motifs is 1. The zero-order chi connectivity index (χ0) is 22.9. The van der Waals surface area contributed by atoms with Gasteiger partial charge in [0.05, 0.1) is 26.2 Å². The van der Waals surface area contributed by atoms with Gasteiger partial charge in [0, 0.05) is 24.8 Å². The molecular weight excluding hydrogens is 419 g/mol. The Morgan fingerprint density at radius 1 is 1.15 bits per heavy atom. The quantitative estimate of drug-likeness (QED) is 0.484. The van der Waals surface area contributed by atoms with E-state index in [0.29, 0.717) is 23.6 Å². The van der Waals surface area contributed by atoms with Gasteiger partial charge in [-0.05, 0) is 53.8 Å². The number of nitrogens with zero attached hydrogens (tertiary/aromatic N) is 4. The number of piperidine rings is 1. The average molecular weight is 447 g/mol. The molecule has 2 aromatic heterocycles. The SMILES string of the molecule is COc1cnc(N)c2ncn(Cc3cc(-c4cccc(F)c4)ccc3N3CCCC(N)C3)c12. The predicted molar refractivity (Wildman–Crippen MR) is 129 cm³/mol. The molecule has 33 heavy (non-hydrogen) atoms. The molecule has 4 N–H and O–H groups in total. The Labute approximate surface area is 191 Å². The number of benzene rings is 2. The van der Waals surface area contributed by atoms with Crippen LogP contribution in [-0.4, -0.2) is 40.8 Å². The lowest BCUT2D eigenvalue weighted by molar-refractivity contribution is 0.416. The highest BCUT2D eigenvalue weighted by molar-refractivity contribution is 5.89. The number of ether oxygens (including phenoxy) is 1. The first-order valence-electron chi connectivity index (χ1n) is 11.1. The summed E-state index contributed by atoms with van der Waals surface area (Å²) in [6.45, 7) is 2.29. The Morgan fingerprint density at radius 2 is 2.00 bits per heavy atom. The minimum Gasteiger partial charge on any atom is -0.493 e. The van der Waals surface area contributed by atoms with Crippen LogP contribution in [0.1, 0.15) is 18.4 Å². The van der Waals surface area contributed by atoms with E-state index in [1.165, 1.54) is 6.07 Å². The van der Waals surface area contributed by atoms with Crippen LogP contribution in [0.25, 0.3) is 22.2 Å². The smallest absolute Gasteiger partial charge is 0.163 e. The highest BCUT2D eigenvalue weighted by Crippen LogP contribution is 2.33. The number of hydrogen-bond acceptors (Lipinski definition) is 6. The third-order valence-corrected chi connectivity index (χ3v) is 6.23. The Kier molecular flexibility index (Phi) is 5.60.